The Bertz CT molecular complexity index is 1920. The van der Waals surface area contributed by atoms with Gasteiger partial charge in [-0.2, -0.15) is 0 Å². The van der Waals surface area contributed by atoms with Crippen LogP contribution < -0.4 is 20.4 Å². The number of hydrogen-bond acceptors (Lipinski definition) is 14. The van der Waals surface area contributed by atoms with Gasteiger partial charge in [-0.25, -0.2) is 24.9 Å². The lowest BCUT2D eigenvalue weighted by atomic mass is 10.1. The minimum absolute atomic E-state index is 0.0465. The Labute approximate surface area is 356 Å². The molecule has 2 aromatic rings. The summed E-state index contributed by atoms with van der Waals surface area (Å²) in [5.74, 6) is -2.48. The molecule has 19 nitrogen and oxygen atoms in total. The fourth-order valence-electron chi connectivity index (χ4n) is 7.49. The number of aromatic nitrogens is 2. The van der Waals surface area contributed by atoms with Crippen molar-refractivity contribution in [1.82, 2.24) is 35.3 Å². The maximum Gasteiger partial charge on any atom is 0.409 e. The fourth-order valence-corrected chi connectivity index (χ4v) is 9.99. The summed E-state index contributed by atoms with van der Waals surface area (Å²) < 4.78 is 36.0. The van der Waals surface area contributed by atoms with Gasteiger partial charge in [-0.05, 0) is 53.4 Å². The molecule has 0 bridgehead atoms. The van der Waals surface area contributed by atoms with E-state index in [0.717, 1.165) is 6.42 Å². The van der Waals surface area contributed by atoms with Gasteiger partial charge in [0.05, 0.1) is 38.0 Å². The first-order valence-corrected chi connectivity index (χ1v) is 22.9. The monoisotopic (exact) mass is 870 g/mol. The van der Waals surface area contributed by atoms with E-state index in [1.165, 1.54) is 29.7 Å². The molecule has 0 radical (unpaired) electrons. The normalized spacial score (nSPS) is 19.8. The Kier molecular flexibility index (Phi) is 16.2. The maximum atomic E-state index is 15.0. The van der Waals surface area contributed by atoms with Gasteiger partial charge in [0.2, 0.25) is 13.4 Å². The van der Waals surface area contributed by atoms with Crippen molar-refractivity contribution in [3.05, 3.63) is 42.1 Å². The van der Waals surface area contributed by atoms with Crippen LogP contribution in [0.1, 0.15) is 71.3 Å². The number of benzene rings is 1. The van der Waals surface area contributed by atoms with Gasteiger partial charge in [-0.15, -0.1) is 0 Å². The first-order chi connectivity index (χ1) is 29.2. The lowest BCUT2D eigenvalue weighted by molar-refractivity contribution is -0.149. The van der Waals surface area contributed by atoms with Gasteiger partial charge in [-0.1, -0.05) is 43.7 Å². The molecule has 334 valence electrons. The number of rotatable bonds is 20. The number of ether oxygens (including phenoxy) is 4. The number of carbonyl (C=O) groups excluding carboxylic acids is 6. The molecule has 1 saturated carbocycles. The number of nitrogens with one attached hydrogen (secondary N) is 3. The van der Waals surface area contributed by atoms with Crippen molar-refractivity contribution in [1.29, 1.82) is 0 Å². The van der Waals surface area contributed by atoms with Crippen LogP contribution in [-0.2, 0) is 42.7 Å². The summed E-state index contributed by atoms with van der Waals surface area (Å²) in [6.07, 6.45) is 1.15. The Morgan fingerprint density at radius 2 is 1.44 bits per heavy atom. The third-order valence-electron chi connectivity index (χ3n) is 10.8. The molecule has 3 fully saturated rings. The van der Waals surface area contributed by atoms with Crippen molar-refractivity contribution in [2.75, 3.05) is 76.8 Å². The van der Waals surface area contributed by atoms with E-state index < -0.39 is 67.0 Å². The number of unbranched alkanes of at least 4 members (excludes halogenated alkanes) is 1. The van der Waals surface area contributed by atoms with E-state index in [2.05, 4.69) is 20.5 Å². The molecule has 0 unspecified atom stereocenters. The third kappa shape index (κ3) is 11.8. The van der Waals surface area contributed by atoms with Crippen molar-refractivity contribution in [3.63, 3.8) is 0 Å². The van der Waals surface area contributed by atoms with E-state index in [1.54, 1.807) is 45.0 Å². The highest BCUT2D eigenvalue weighted by Gasteiger charge is 2.66. The van der Waals surface area contributed by atoms with E-state index in [-0.39, 0.29) is 76.0 Å². The summed E-state index contributed by atoms with van der Waals surface area (Å²) in [6.45, 7) is 11.7. The Morgan fingerprint density at radius 1 is 0.836 bits per heavy atom. The second kappa shape index (κ2) is 21.1. The fraction of sp³-hybridized carbons (Fsp3) is 0.610. The Balaban J connectivity index is 1.48. The smallest absolute Gasteiger partial charge is 0.409 e. The molecule has 3 aliphatic rings. The highest BCUT2D eigenvalue weighted by molar-refractivity contribution is 7.60. The van der Waals surface area contributed by atoms with Gasteiger partial charge in [0.25, 0.3) is 5.91 Å². The van der Waals surface area contributed by atoms with Gasteiger partial charge >= 0.3 is 24.0 Å². The quantitative estimate of drug-likeness (QED) is 0.0752. The maximum absolute atomic E-state index is 15.0. The van der Waals surface area contributed by atoms with Crippen LogP contribution in [0.25, 0.3) is 11.4 Å². The molecule has 1 aromatic carbocycles. The van der Waals surface area contributed by atoms with Crippen LogP contribution in [0.3, 0.4) is 0 Å². The number of carbonyl (C=O) groups is 6. The number of piperidine rings is 1. The Morgan fingerprint density at radius 3 is 2.03 bits per heavy atom. The summed E-state index contributed by atoms with van der Waals surface area (Å²) in [5, 5.41) is 8.28. The zero-order chi connectivity index (χ0) is 44.3. The molecule has 3 amide bonds. The van der Waals surface area contributed by atoms with E-state index in [9.17, 15) is 33.3 Å². The summed E-state index contributed by atoms with van der Waals surface area (Å²) in [7, 11) is -4.18. The standard InChI is InChI=1S/C41H59N8O11P/c1-7-11-21-60-40(55)48-19-17-47(18-20-48)36(51)32(25-61(56,45-27(5)37(52)57-8-2)46-28(6)38(53)58-9-3)43-35(50)31-22-33(44-34(42-31)29-15-13-12-14-16-29)49-24-30-23-41(30,26-49)39(54)59-10-4/h12-16,22,27-28,30,32H,7-11,17-21,23-26H2,1-6H3,(H,43,50)(H2,45,46,56)/t27-,28-,30+,32-,41+/m0/s1. The zero-order valence-electron chi connectivity index (χ0n) is 35.8. The number of nitrogens with zero attached hydrogens (tertiary/aromatic N) is 5. The molecule has 5 rings (SSSR count). The van der Waals surface area contributed by atoms with Crippen LogP contribution in [0, 0.1) is 11.3 Å². The van der Waals surface area contributed by atoms with Crippen LogP contribution in [-0.4, -0.2) is 146 Å². The van der Waals surface area contributed by atoms with Crippen LogP contribution in [0.2, 0.25) is 0 Å². The number of anilines is 1. The average molecular weight is 871 g/mol. The second-order valence-corrected chi connectivity index (χ2v) is 17.8. The predicted molar refractivity (Wildman–Crippen MR) is 223 cm³/mol. The molecule has 5 atom stereocenters. The van der Waals surface area contributed by atoms with Gasteiger partial charge < -0.3 is 39.0 Å². The van der Waals surface area contributed by atoms with Crippen molar-refractivity contribution in [3.8, 4) is 11.4 Å². The predicted octanol–water partition coefficient (Wildman–Crippen LogP) is 2.99. The molecule has 2 saturated heterocycles. The van der Waals surface area contributed by atoms with Gasteiger partial charge in [0.15, 0.2) is 5.82 Å². The third-order valence-corrected chi connectivity index (χ3v) is 13.3. The molecule has 1 aliphatic carbocycles. The number of esters is 3. The lowest BCUT2D eigenvalue weighted by Gasteiger charge is -2.37. The largest absolute Gasteiger partial charge is 0.466 e. The van der Waals surface area contributed by atoms with E-state index in [4.69, 9.17) is 23.9 Å². The Hall–Kier alpha value is -5.13. The van der Waals surface area contributed by atoms with Crippen LogP contribution in [0.4, 0.5) is 10.6 Å². The molecular weight excluding hydrogens is 811 g/mol. The minimum atomic E-state index is -4.18. The lowest BCUT2D eigenvalue weighted by Crippen LogP contribution is -2.57. The van der Waals surface area contributed by atoms with Crippen LogP contribution in [0.5, 0.6) is 0 Å². The van der Waals surface area contributed by atoms with E-state index in [1.807, 2.05) is 17.9 Å². The van der Waals surface area contributed by atoms with E-state index in [0.29, 0.717) is 37.3 Å². The summed E-state index contributed by atoms with van der Waals surface area (Å²) >= 11 is 0. The van der Waals surface area contributed by atoms with E-state index >= 15 is 0 Å². The SMILES string of the molecule is CCCCOC(=O)N1CCN(C(=O)[C@H](CP(=O)(N[C@@H](C)C(=O)OCC)N[C@@H](C)C(=O)OCC)NC(=O)c2cc(N3C[C@H]4C[C@@]4(C(=O)OCC)C3)nc(-c3ccccc3)n2)CC1. The average Bonchev–Trinajstić information content (AvgIpc) is 3.82. The molecular formula is C41H59N8O11P. The summed E-state index contributed by atoms with van der Waals surface area (Å²) in [4.78, 5) is 94.6. The van der Waals surface area contributed by atoms with Crippen molar-refractivity contribution >= 4 is 49.1 Å². The zero-order valence-corrected chi connectivity index (χ0v) is 36.7. The highest BCUT2D eigenvalue weighted by Crippen LogP contribution is 2.59. The van der Waals surface area contributed by atoms with Gasteiger partial charge in [-0.3, -0.25) is 28.5 Å². The number of fused-ring (bicyclic) bond motifs is 1. The topological polar surface area (TPSA) is 228 Å². The molecule has 3 heterocycles. The molecule has 1 aromatic heterocycles. The summed E-state index contributed by atoms with van der Waals surface area (Å²) in [6, 6.07) is 6.65. The first kappa shape index (κ1) is 46.9. The van der Waals surface area contributed by atoms with Crippen molar-refractivity contribution in [2.45, 2.75) is 78.9 Å². The number of piperazine rings is 1. The van der Waals surface area contributed by atoms with Gasteiger partial charge in [0.1, 0.15) is 29.6 Å². The van der Waals surface area contributed by atoms with Crippen LogP contribution in [0.15, 0.2) is 36.4 Å². The molecule has 20 heteroatoms. The van der Waals surface area contributed by atoms with Crippen LogP contribution >= 0.6 is 7.44 Å². The summed E-state index contributed by atoms with van der Waals surface area (Å²) in [5.41, 5.74) is -0.157. The van der Waals surface area contributed by atoms with Crippen molar-refractivity contribution in [2.24, 2.45) is 11.3 Å². The minimum Gasteiger partial charge on any atom is -0.466 e. The molecule has 61 heavy (non-hydrogen) atoms. The number of hydrogen-bond donors (Lipinski definition) is 3. The van der Waals surface area contributed by atoms with Crippen molar-refractivity contribution < 1.29 is 52.3 Å². The highest BCUT2D eigenvalue weighted by atomic mass is 31.2. The second-order valence-electron chi connectivity index (χ2n) is 15.4. The molecule has 0 spiro atoms. The van der Waals surface area contributed by atoms with Gasteiger partial charge in [0, 0.05) is 50.9 Å². The molecule has 2 aliphatic heterocycles. The first-order valence-electron chi connectivity index (χ1n) is 21.0. The number of amides is 3. The molecule has 3 N–H and O–H groups in total.